The van der Waals surface area contributed by atoms with Gasteiger partial charge < -0.3 is 4.74 Å². The van der Waals surface area contributed by atoms with Gasteiger partial charge in [-0.15, -0.1) is 0 Å². The number of hydrogen-bond donors (Lipinski definition) is 0. The smallest absolute Gasteiger partial charge is 0.0908 e. The number of allylic oxidation sites excluding steroid dienone is 4. The van der Waals surface area contributed by atoms with E-state index >= 15 is 0 Å². The zero-order valence-corrected chi connectivity index (χ0v) is 17.4. The van der Waals surface area contributed by atoms with E-state index in [1.165, 1.54) is 40.3 Å². The van der Waals surface area contributed by atoms with Crippen LogP contribution in [0.3, 0.4) is 0 Å². The number of fused-ring (bicyclic) bond motifs is 4. The molecule has 1 nitrogen and oxygen atoms in total. The van der Waals surface area contributed by atoms with E-state index in [4.69, 9.17) is 4.74 Å². The highest BCUT2D eigenvalue weighted by Crippen LogP contribution is 2.43. The molecule has 0 amide bonds. The van der Waals surface area contributed by atoms with Gasteiger partial charge in [-0.2, -0.15) is 0 Å². The third kappa shape index (κ3) is 3.85. The van der Waals surface area contributed by atoms with E-state index in [0.29, 0.717) is 5.92 Å². The highest BCUT2D eigenvalue weighted by molar-refractivity contribution is 5.94. The molecule has 1 heteroatoms. The summed E-state index contributed by atoms with van der Waals surface area (Å²) < 4.78 is 4.76. The molecule has 2 aliphatic carbocycles. The van der Waals surface area contributed by atoms with Crippen LogP contribution in [0.4, 0.5) is 0 Å². The Morgan fingerprint density at radius 2 is 1.70 bits per heavy atom. The Kier molecular flexibility index (Phi) is 5.52. The first-order valence-corrected chi connectivity index (χ1v) is 11.1. The fourth-order valence-corrected chi connectivity index (χ4v) is 4.98. The Morgan fingerprint density at radius 1 is 0.833 bits per heavy atom. The average Bonchev–Trinajstić information content (AvgIpc) is 3.40. The van der Waals surface area contributed by atoms with Gasteiger partial charge in [-0.05, 0) is 70.7 Å². The molecule has 3 aromatic rings. The van der Waals surface area contributed by atoms with Gasteiger partial charge >= 0.3 is 0 Å². The van der Waals surface area contributed by atoms with E-state index in [0.717, 1.165) is 25.9 Å². The highest BCUT2D eigenvalue weighted by atomic mass is 16.5. The molecule has 150 valence electrons. The van der Waals surface area contributed by atoms with Gasteiger partial charge in [0.05, 0.1) is 12.9 Å². The van der Waals surface area contributed by atoms with Crippen LogP contribution < -0.4 is 0 Å². The van der Waals surface area contributed by atoms with Crippen molar-refractivity contribution in [3.8, 4) is 0 Å². The summed E-state index contributed by atoms with van der Waals surface area (Å²) in [5.41, 5.74) is 7.64. The monoisotopic (exact) mass is 392 g/mol. The van der Waals surface area contributed by atoms with Crippen LogP contribution in [-0.4, -0.2) is 6.61 Å². The molecular weight excluding hydrogens is 364 g/mol. The second-order valence-electron chi connectivity index (χ2n) is 8.31. The Labute approximate surface area is 179 Å². The molecular formula is C29H28O. The molecule has 30 heavy (non-hydrogen) atoms. The number of hydrogen-bond acceptors (Lipinski definition) is 1. The summed E-state index contributed by atoms with van der Waals surface area (Å²) in [6, 6.07) is 24.5. The summed E-state index contributed by atoms with van der Waals surface area (Å²) in [6.45, 7) is 0.889. The van der Waals surface area contributed by atoms with Crippen molar-refractivity contribution in [3.63, 3.8) is 0 Å². The van der Waals surface area contributed by atoms with Crippen molar-refractivity contribution >= 4 is 16.3 Å². The molecule has 1 heterocycles. The van der Waals surface area contributed by atoms with Gasteiger partial charge in [-0.3, -0.25) is 0 Å². The van der Waals surface area contributed by atoms with Gasteiger partial charge in [-0.1, -0.05) is 84.5 Å². The van der Waals surface area contributed by atoms with Crippen molar-refractivity contribution in [1.82, 2.24) is 0 Å². The van der Waals surface area contributed by atoms with Crippen LogP contribution in [0, 0.1) is 5.92 Å². The quantitative estimate of drug-likeness (QED) is 0.445. The van der Waals surface area contributed by atoms with E-state index in [1.54, 1.807) is 17.4 Å². The summed E-state index contributed by atoms with van der Waals surface area (Å²) in [7, 11) is 0. The molecule has 6 rings (SSSR count). The maximum atomic E-state index is 4.76. The van der Waals surface area contributed by atoms with E-state index in [2.05, 4.69) is 78.9 Å². The minimum absolute atomic E-state index is 0.626. The van der Waals surface area contributed by atoms with Crippen LogP contribution in [0.5, 0.6) is 0 Å². The first-order chi connectivity index (χ1) is 14.9. The molecule has 0 fully saturated rings. The van der Waals surface area contributed by atoms with Gasteiger partial charge in [0.1, 0.15) is 0 Å². The molecule has 0 spiro atoms. The second kappa shape index (κ2) is 8.75. The molecule has 0 aromatic heterocycles. The first kappa shape index (κ1) is 18.9. The van der Waals surface area contributed by atoms with Gasteiger partial charge in [0, 0.05) is 6.42 Å². The van der Waals surface area contributed by atoms with Crippen LogP contribution in [0.15, 0.2) is 96.8 Å². The molecule has 0 saturated carbocycles. The van der Waals surface area contributed by atoms with Gasteiger partial charge in [0.15, 0.2) is 0 Å². The van der Waals surface area contributed by atoms with Crippen LogP contribution in [0.1, 0.15) is 36.0 Å². The van der Waals surface area contributed by atoms with E-state index < -0.39 is 0 Å². The van der Waals surface area contributed by atoms with Crippen LogP contribution in [-0.2, 0) is 17.6 Å². The van der Waals surface area contributed by atoms with Crippen molar-refractivity contribution < 1.29 is 4.74 Å². The van der Waals surface area contributed by atoms with Gasteiger partial charge in [0.2, 0.25) is 0 Å². The minimum Gasteiger partial charge on any atom is -0.501 e. The second-order valence-corrected chi connectivity index (χ2v) is 8.31. The zero-order chi connectivity index (χ0) is 20.2. The summed E-state index contributed by atoms with van der Waals surface area (Å²) >= 11 is 0. The molecule has 3 aromatic carbocycles. The van der Waals surface area contributed by atoms with Crippen LogP contribution in [0.25, 0.3) is 16.3 Å². The lowest BCUT2D eigenvalue weighted by molar-refractivity contribution is 0.281. The molecule has 0 bridgehead atoms. The fraction of sp³-hybridized carbons (Fsp3) is 0.241. The third-order valence-corrected chi connectivity index (χ3v) is 6.40. The Morgan fingerprint density at radius 3 is 2.50 bits per heavy atom. The van der Waals surface area contributed by atoms with Crippen molar-refractivity contribution in [2.24, 2.45) is 5.92 Å². The molecule has 0 N–H and O–H groups in total. The lowest BCUT2D eigenvalue weighted by Gasteiger charge is -2.32. The molecule has 0 saturated heterocycles. The topological polar surface area (TPSA) is 9.23 Å². The largest absolute Gasteiger partial charge is 0.501 e. The summed E-state index contributed by atoms with van der Waals surface area (Å²) in [5, 5.41) is 2.80. The molecule has 3 aliphatic rings. The Hall–Kier alpha value is -3.06. The number of benzene rings is 3. The summed E-state index contributed by atoms with van der Waals surface area (Å²) in [6.07, 6.45) is 14.3. The number of rotatable bonds is 2. The van der Waals surface area contributed by atoms with Crippen LogP contribution >= 0.6 is 0 Å². The maximum Gasteiger partial charge on any atom is 0.0908 e. The summed E-state index contributed by atoms with van der Waals surface area (Å²) in [5.74, 6) is 0.626. The minimum atomic E-state index is 0.626. The molecule has 1 unspecified atom stereocenters. The third-order valence-electron chi connectivity index (χ3n) is 6.40. The standard InChI is InChI=1S/C25H22.C4H6O/c1-2-8-18(9-3-1)16-20-17-25-21-11-5-4-10-19(21)14-15-24(25)23-13-7-6-12-22(20)23;1-2-4-5-3-1/h1-5,7-11,13-15,20H,6,12,16-17H2;1,3H,2,4H2. The molecule has 0 radical (unpaired) electrons. The SMILES string of the molecule is C1=CC2=C(CC1)C(Cc1ccccc1)Cc1c2ccc2ccccc12.C1=COCC1. The lowest BCUT2D eigenvalue weighted by Crippen LogP contribution is -2.20. The van der Waals surface area contributed by atoms with Gasteiger partial charge in [0.25, 0.3) is 0 Å². The van der Waals surface area contributed by atoms with Crippen LogP contribution in [0.2, 0.25) is 0 Å². The van der Waals surface area contributed by atoms with Crippen molar-refractivity contribution in [2.45, 2.75) is 32.1 Å². The summed E-state index contributed by atoms with van der Waals surface area (Å²) in [4.78, 5) is 0. The highest BCUT2D eigenvalue weighted by Gasteiger charge is 2.28. The van der Waals surface area contributed by atoms with Gasteiger partial charge in [-0.25, -0.2) is 0 Å². The average molecular weight is 393 g/mol. The number of ether oxygens (including phenoxy) is 1. The Balaban J connectivity index is 0.000000340. The molecule has 1 aliphatic heterocycles. The zero-order valence-electron chi connectivity index (χ0n) is 17.4. The van der Waals surface area contributed by atoms with Crippen molar-refractivity contribution in [1.29, 1.82) is 0 Å². The van der Waals surface area contributed by atoms with E-state index in [9.17, 15) is 0 Å². The van der Waals surface area contributed by atoms with Crippen molar-refractivity contribution in [2.75, 3.05) is 6.61 Å². The predicted octanol–water partition coefficient (Wildman–Crippen LogP) is 7.28. The lowest BCUT2D eigenvalue weighted by atomic mass is 9.72. The van der Waals surface area contributed by atoms with E-state index in [1.807, 2.05) is 6.08 Å². The predicted molar refractivity (Wildman–Crippen MR) is 126 cm³/mol. The fourth-order valence-electron chi connectivity index (χ4n) is 4.98. The van der Waals surface area contributed by atoms with Crippen molar-refractivity contribution in [3.05, 3.63) is 113 Å². The first-order valence-electron chi connectivity index (χ1n) is 11.1. The van der Waals surface area contributed by atoms with E-state index in [-0.39, 0.29) is 0 Å². The maximum absolute atomic E-state index is 4.76. The normalized spacial score (nSPS) is 19.0. The molecule has 1 atom stereocenters. The Bertz CT molecular complexity index is 1110.